The van der Waals surface area contributed by atoms with Gasteiger partial charge in [0, 0.05) is 17.8 Å². The maximum Gasteiger partial charge on any atom is 0.272 e. The van der Waals surface area contributed by atoms with Crippen LogP contribution in [0, 0.1) is 0 Å². The van der Waals surface area contributed by atoms with E-state index >= 15 is 0 Å². The number of benzene rings is 1. The molecule has 1 aromatic carbocycles. The van der Waals surface area contributed by atoms with Crippen LogP contribution in [0.25, 0.3) is 16.9 Å². The fourth-order valence-electron chi connectivity index (χ4n) is 2.57. The summed E-state index contributed by atoms with van der Waals surface area (Å²) in [6.45, 7) is 4.03. The van der Waals surface area contributed by atoms with Gasteiger partial charge in [-0.15, -0.1) is 0 Å². The molecule has 2 heterocycles. The quantitative estimate of drug-likeness (QED) is 0.781. The average molecular weight is 323 g/mol. The molecule has 1 atom stereocenters. The van der Waals surface area contributed by atoms with Gasteiger partial charge < -0.3 is 10.1 Å². The minimum absolute atomic E-state index is 0.103. The molecular weight excluding hydrogens is 302 g/mol. The molecule has 2 aromatic heterocycles. The SMILES string of the molecule is CCC(C)NC(=O)c1nc2ccccn2c1-c1ccc(OC)cc1. The van der Waals surface area contributed by atoms with Gasteiger partial charge in [0.25, 0.3) is 5.91 Å². The number of hydrogen-bond acceptors (Lipinski definition) is 3. The first-order chi connectivity index (χ1) is 11.6. The fourth-order valence-corrected chi connectivity index (χ4v) is 2.57. The molecule has 5 nitrogen and oxygen atoms in total. The van der Waals surface area contributed by atoms with Crippen molar-refractivity contribution in [3.63, 3.8) is 0 Å². The lowest BCUT2D eigenvalue weighted by Crippen LogP contribution is -2.32. The highest BCUT2D eigenvalue weighted by molar-refractivity contribution is 5.99. The van der Waals surface area contributed by atoms with Gasteiger partial charge in [0.15, 0.2) is 5.69 Å². The molecule has 0 aliphatic heterocycles. The van der Waals surface area contributed by atoms with Crippen LogP contribution in [-0.2, 0) is 0 Å². The number of ether oxygens (including phenoxy) is 1. The Balaban J connectivity index is 2.12. The average Bonchev–Trinajstić information content (AvgIpc) is 3.01. The van der Waals surface area contributed by atoms with Crippen LogP contribution in [0.5, 0.6) is 5.75 Å². The highest BCUT2D eigenvalue weighted by Gasteiger charge is 2.21. The predicted molar refractivity (Wildman–Crippen MR) is 94.4 cm³/mol. The van der Waals surface area contributed by atoms with E-state index in [0.29, 0.717) is 5.69 Å². The van der Waals surface area contributed by atoms with Crippen molar-refractivity contribution in [1.29, 1.82) is 0 Å². The molecule has 0 aliphatic carbocycles. The second-order valence-corrected chi connectivity index (χ2v) is 5.75. The Bertz CT molecular complexity index is 853. The van der Waals surface area contributed by atoms with Crippen LogP contribution in [0.2, 0.25) is 0 Å². The van der Waals surface area contributed by atoms with Gasteiger partial charge in [-0.3, -0.25) is 9.20 Å². The molecule has 0 bridgehead atoms. The highest BCUT2D eigenvalue weighted by atomic mass is 16.5. The van der Waals surface area contributed by atoms with E-state index in [9.17, 15) is 4.79 Å². The van der Waals surface area contributed by atoms with Crippen LogP contribution in [0.15, 0.2) is 48.7 Å². The maximum atomic E-state index is 12.7. The van der Waals surface area contributed by atoms with Gasteiger partial charge in [0.2, 0.25) is 0 Å². The molecule has 1 amide bonds. The molecule has 1 unspecified atom stereocenters. The van der Waals surface area contributed by atoms with Crippen molar-refractivity contribution in [1.82, 2.24) is 14.7 Å². The molecule has 0 aliphatic rings. The summed E-state index contributed by atoms with van der Waals surface area (Å²) in [6.07, 6.45) is 2.79. The highest BCUT2D eigenvalue weighted by Crippen LogP contribution is 2.27. The van der Waals surface area contributed by atoms with Crippen molar-refractivity contribution in [3.05, 3.63) is 54.4 Å². The molecule has 3 aromatic rings. The number of carbonyl (C=O) groups is 1. The molecule has 24 heavy (non-hydrogen) atoms. The lowest BCUT2D eigenvalue weighted by Gasteiger charge is -2.11. The molecule has 0 spiro atoms. The van der Waals surface area contributed by atoms with E-state index in [1.807, 2.05) is 66.9 Å². The van der Waals surface area contributed by atoms with E-state index < -0.39 is 0 Å². The molecule has 0 saturated carbocycles. The third kappa shape index (κ3) is 2.97. The Kier molecular flexibility index (Phi) is 4.51. The van der Waals surface area contributed by atoms with Gasteiger partial charge in [-0.05, 0) is 49.7 Å². The summed E-state index contributed by atoms with van der Waals surface area (Å²) in [5.74, 6) is 0.622. The Hall–Kier alpha value is -2.82. The first-order valence-electron chi connectivity index (χ1n) is 8.06. The monoisotopic (exact) mass is 323 g/mol. The second-order valence-electron chi connectivity index (χ2n) is 5.75. The fraction of sp³-hybridized carbons (Fsp3) is 0.263. The standard InChI is InChI=1S/C19H21N3O2/c1-4-13(2)20-19(23)17-18(14-8-10-15(24-3)11-9-14)22-12-6-5-7-16(22)21-17/h5-13H,4H2,1-3H3,(H,20,23). The lowest BCUT2D eigenvalue weighted by molar-refractivity contribution is 0.0935. The normalized spacial score (nSPS) is 12.1. The molecule has 0 radical (unpaired) electrons. The maximum absolute atomic E-state index is 12.7. The predicted octanol–water partition coefficient (Wildman–Crippen LogP) is 3.54. The van der Waals surface area contributed by atoms with Gasteiger partial charge in [0.05, 0.1) is 12.8 Å². The zero-order valence-electron chi connectivity index (χ0n) is 14.1. The summed E-state index contributed by atoms with van der Waals surface area (Å²) >= 11 is 0. The lowest BCUT2D eigenvalue weighted by atomic mass is 10.1. The van der Waals surface area contributed by atoms with Crippen molar-refractivity contribution < 1.29 is 9.53 Å². The molecular formula is C19H21N3O2. The van der Waals surface area contributed by atoms with E-state index in [-0.39, 0.29) is 11.9 Å². The van der Waals surface area contributed by atoms with Crippen LogP contribution >= 0.6 is 0 Å². The van der Waals surface area contributed by atoms with Crippen molar-refractivity contribution >= 4 is 11.6 Å². The van der Waals surface area contributed by atoms with Crippen molar-refractivity contribution in [2.45, 2.75) is 26.3 Å². The molecule has 0 fully saturated rings. The number of aromatic nitrogens is 2. The number of nitrogens with zero attached hydrogens (tertiary/aromatic N) is 2. The van der Waals surface area contributed by atoms with E-state index in [1.165, 1.54) is 0 Å². The number of pyridine rings is 1. The van der Waals surface area contributed by atoms with E-state index in [4.69, 9.17) is 4.74 Å². The Morgan fingerprint density at radius 2 is 2.00 bits per heavy atom. The minimum atomic E-state index is -0.154. The molecule has 5 heteroatoms. The van der Waals surface area contributed by atoms with Gasteiger partial charge in [-0.25, -0.2) is 4.98 Å². The number of hydrogen-bond donors (Lipinski definition) is 1. The van der Waals surface area contributed by atoms with E-state index in [1.54, 1.807) is 7.11 Å². The van der Waals surface area contributed by atoms with Crippen LogP contribution in [0.1, 0.15) is 30.8 Å². The van der Waals surface area contributed by atoms with Gasteiger partial charge in [-0.2, -0.15) is 0 Å². The Morgan fingerprint density at radius 1 is 1.25 bits per heavy atom. The zero-order valence-corrected chi connectivity index (χ0v) is 14.1. The zero-order chi connectivity index (χ0) is 17.1. The second kappa shape index (κ2) is 6.74. The van der Waals surface area contributed by atoms with Crippen molar-refractivity contribution in [2.24, 2.45) is 0 Å². The number of carbonyl (C=O) groups excluding carboxylic acids is 1. The van der Waals surface area contributed by atoms with Gasteiger partial charge in [0.1, 0.15) is 11.4 Å². The number of nitrogens with one attached hydrogen (secondary N) is 1. The van der Waals surface area contributed by atoms with Crippen LogP contribution < -0.4 is 10.1 Å². The molecule has 1 N–H and O–H groups in total. The van der Waals surface area contributed by atoms with E-state index in [2.05, 4.69) is 10.3 Å². The Morgan fingerprint density at radius 3 is 2.67 bits per heavy atom. The third-order valence-corrected chi connectivity index (χ3v) is 4.10. The number of imidazole rings is 1. The molecule has 124 valence electrons. The van der Waals surface area contributed by atoms with Gasteiger partial charge in [-0.1, -0.05) is 13.0 Å². The van der Waals surface area contributed by atoms with Gasteiger partial charge >= 0.3 is 0 Å². The number of methoxy groups -OCH3 is 1. The summed E-state index contributed by atoms with van der Waals surface area (Å²) in [7, 11) is 1.63. The summed E-state index contributed by atoms with van der Waals surface area (Å²) in [5.41, 5.74) is 2.89. The van der Waals surface area contributed by atoms with Crippen LogP contribution in [0.3, 0.4) is 0 Å². The third-order valence-electron chi connectivity index (χ3n) is 4.10. The summed E-state index contributed by atoms with van der Waals surface area (Å²) in [5, 5.41) is 3.00. The summed E-state index contributed by atoms with van der Waals surface area (Å²) in [6, 6.07) is 13.5. The topological polar surface area (TPSA) is 55.6 Å². The first-order valence-corrected chi connectivity index (χ1v) is 8.06. The smallest absolute Gasteiger partial charge is 0.272 e. The minimum Gasteiger partial charge on any atom is -0.497 e. The number of amides is 1. The Labute approximate surface area is 141 Å². The summed E-state index contributed by atoms with van der Waals surface area (Å²) in [4.78, 5) is 17.2. The van der Waals surface area contributed by atoms with Crippen molar-refractivity contribution in [2.75, 3.05) is 7.11 Å². The number of fused-ring (bicyclic) bond motifs is 1. The largest absolute Gasteiger partial charge is 0.497 e. The van der Waals surface area contributed by atoms with Crippen LogP contribution in [0.4, 0.5) is 0 Å². The molecule has 0 saturated heterocycles. The van der Waals surface area contributed by atoms with Crippen molar-refractivity contribution in [3.8, 4) is 17.0 Å². The first kappa shape index (κ1) is 16.1. The summed E-state index contributed by atoms with van der Waals surface area (Å²) < 4.78 is 7.16. The number of rotatable bonds is 5. The van der Waals surface area contributed by atoms with E-state index in [0.717, 1.165) is 29.1 Å². The van der Waals surface area contributed by atoms with Crippen LogP contribution in [-0.4, -0.2) is 28.4 Å². The molecule has 3 rings (SSSR count).